The van der Waals surface area contributed by atoms with Crippen LogP contribution in [0.3, 0.4) is 0 Å². The Morgan fingerprint density at radius 2 is 1.81 bits per heavy atom. The third-order valence-corrected chi connectivity index (χ3v) is 3.67. The quantitative estimate of drug-likeness (QED) is 0.768. The highest BCUT2D eigenvalue weighted by Crippen LogP contribution is 2.25. The van der Waals surface area contributed by atoms with Crippen molar-refractivity contribution in [3.63, 3.8) is 0 Å². The van der Waals surface area contributed by atoms with Gasteiger partial charge in [0, 0.05) is 26.3 Å². The van der Waals surface area contributed by atoms with E-state index < -0.39 is 0 Å². The molecule has 0 aliphatic rings. The van der Waals surface area contributed by atoms with E-state index in [0.717, 1.165) is 31.1 Å². The van der Waals surface area contributed by atoms with Crippen molar-refractivity contribution in [2.75, 3.05) is 30.8 Å². The maximum Gasteiger partial charge on any atom is 0.158 e. The minimum Gasteiger partial charge on any atom is -0.377 e. The fourth-order valence-corrected chi connectivity index (χ4v) is 1.69. The van der Waals surface area contributed by atoms with E-state index in [1.54, 1.807) is 7.11 Å². The van der Waals surface area contributed by atoms with Gasteiger partial charge < -0.3 is 15.4 Å². The molecule has 0 spiro atoms. The number of hydrogen-bond donors (Lipinski definition) is 2. The van der Waals surface area contributed by atoms with E-state index in [1.807, 2.05) is 6.07 Å². The monoisotopic (exact) mass is 294 g/mol. The van der Waals surface area contributed by atoms with Gasteiger partial charge in [-0.3, -0.25) is 0 Å². The van der Waals surface area contributed by atoms with Crippen molar-refractivity contribution in [2.45, 2.75) is 47.6 Å². The number of anilines is 2. The Labute approximate surface area is 128 Å². The molecule has 1 rings (SSSR count). The van der Waals surface area contributed by atoms with Crippen LogP contribution in [0.15, 0.2) is 6.07 Å². The highest BCUT2D eigenvalue weighted by atomic mass is 16.5. The highest BCUT2D eigenvalue weighted by molar-refractivity contribution is 5.47. The van der Waals surface area contributed by atoms with E-state index in [4.69, 9.17) is 4.74 Å². The van der Waals surface area contributed by atoms with Crippen LogP contribution in [0, 0.1) is 11.3 Å². The van der Waals surface area contributed by atoms with Gasteiger partial charge >= 0.3 is 0 Å². The molecule has 0 radical (unpaired) electrons. The Bertz CT molecular complexity index is 429. The normalized spacial score (nSPS) is 13.0. The summed E-state index contributed by atoms with van der Waals surface area (Å²) >= 11 is 0. The van der Waals surface area contributed by atoms with Gasteiger partial charge in [-0.15, -0.1) is 0 Å². The Hall–Kier alpha value is -1.36. The van der Waals surface area contributed by atoms with Crippen molar-refractivity contribution in [3.05, 3.63) is 11.9 Å². The summed E-state index contributed by atoms with van der Waals surface area (Å²) in [6.07, 6.45) is 1.06. The standard InChI is InChI=1S/C16H30N4O/c1-7-8-17-13-9-14(20-15(19-13)11-21-6)18-10-12(2)16(3,4)5/h9,12H,7-8,10-11H2,1-6H3,(H2,17,18,19,20). The molecule has 1 heterocycles. The Balaban J connectivity index is 2.77. The zero-order chi connectivity index (χ0) is 15.9. The van der Waals surface area contributed by atoms with Gasteiger partial charge in [0.15, 0.2) is 5.82 Å². The van der Waals surface area contributed by atoms with Gasteiger partial charge in [0.25, 0.3) is 0 Å². The Kier molecular flexibility index (Phi) is 6.89. The summed E-state index contributed by atoms with van der Waals surface area (Å²) in [4.78, 5) is 8.95. The molecule has 1 unspecified atom stereocenters. The average Bonchev–Trinajstić information content (AvgIpc) is 2.41. The average molecular weight is 294 g/mol. The Morgan fingerprint density at radius 1 is 1.19 bits per heavy atom. The van der Waals surface area contributed by atoms with Crippen molar-refractivity contribution in [3.8, 4) is 0 Å². The summed E-state index contributed by atoms with van der Waals surface area (Å²) in [6.45, 7) is 13.4. The second-order valence-corrected chi connectivity index (χ2v) is 6.56. The van der Waals surface area contributed by atoms with E-state index in [2.05, 4.69) is 55.2 Å². The lowest BCUT2D eigenvalue weighted by Crippen LogP contribution is -2.25. The highest BCUT2D eigenvalue weighted by Gasteiger charge is 2.19. The smallest absolute Gasteiger partial charge is 0.158 e. The van der Waals surface area contributed by atoms with Crippen LogP contribution < -0.4 is 10.6 Å². The number of ether oxygens (including phenoxy) is 1. The molecular weight excluding hydrogens is 264 g/mol. The maximum absolute atomic E-state index is 5.14. The summed E-state index contributed by atoms with van der Waals surface area (Å²) < 4.78 is 5.14. The summed E-state index contributed by atoms with van der Waals surface area (Å²) in [6, 6.07) is 1.96. The van der Waals surface area contributed by atoms with Crippen molar-refractivity contribution in [1.82, 2.24) is 9.97 Å². The first-order chi connectivity index (χ1) is 9.86. The number of nitrogens with zero attached hydrogens (tertiary/aromatic N) is 2. The molecule has 0 amide bonds. The Morgan fingerprint density at radius 3 is 2.33 bits per heavy atom. The van der Waals surface area contributed by atoms with Crippen molar-refractivity contribution < 1.29 is 4.74 Å². The third kappa shape index (κ3) is 6.29. The van der Waals surface area contributed by atoms with E-state index in [0.29, 0.717) is 18.3 Å². The fraction of sp³-hybridized carbons (Fsp3) is 0.750. The number of aromatic nitrogens is 2. The molecule has 1 atom stereocenters. The fourth-order valence-electron chi connectivity index (χ4n) is 1.69. The molecule has 0 saturated carbocycles. The second-order valence-electron chi connectivity index (χ2n) is 6.56. The molecule has 0 saturated heterocycles. The number of nitrogens with one attached hydrogen (secondary N) is 2. The molecule has 1 aromatic heterocycles. The first-order valence-corrected chi connectivity index (χ1v) is 7.71. The zero-order valence-corrected chi connectivity index (χ0v) is 14.3. The van der Waals surface area contributed by atoms with Gasteiger partial charge in [0.2, 0.25) is 0 Å². The predicted octanol–water partition coefficient (Wildman–Crippen LogP) is 3.54. The molecule has 120 valence electrons. The van der Waals surface area contributed by atoms with Crippen LogP contribution >= 0.6 is 0 Å². The topological polar surface area (TPSA) is 59.1 Å². The lowest BCUT2D eigenvalue weighted by molar-refractivity contribution is 0.178. The predicted molar refractivity (Wildman–Crippen MR) is 88.6 cm³/mol. The van der Waals surface area contributed by atoms with Gasteiger partial charge in [0.1, 0.15) is 18.2 Å². The maximum atomic E-state index is 5.14. The lowest BCUT2D eigenvalue weighted by atomic mass is 9.82. The molecule has 5 nitrogen and oxygen atoms in total. The molecule has 0 aliphatic heterocycles. The van der Waals surface area contributed by atoms with Gasteiger partial charge in [0.05, 0.1) is 0 Å². The molecule has 21 heavy (non-hydrogen) atoms. The second kappa shape index (κ2) is 8.17. The molecule has 1 aromatic rings. The summed E-state index contributed by atoms with van der Waals surface area (Å²) in [5.41, 5.74) is 0.276. The van der Waals surface area contributed by atoms with Crippen LogP contribution in [0.5, 0.6) is 0 Å². The van der Waals surface area contributed by atoms with Crippen molar-refractivity contribution in [2.24, 2.45) is 11.3 Å². The minimum atomic E-state index is 0.276. The van der Waals surface area contributed by atoms with E-state index in [9.17, 15) is 0 Å². The van der Waals surface area contributed by atoms with Crippen LogP contribution in [0.25, 0.3) is 0 Å². The third-order valence-electron chi connectivity index (χ3n) is 3.67. The van der Waals surface area contributed by atoms with Gasteiger partial charge in [-0.1, -0.05) is 34.6 Å². The SMILES string of the molecule is CCCNc1cc(NCC(C)C(C)(C)C)nc(COC)n1. The zero-order valence-electron chi connectivity index (χ0n) is 14.3. The summed E-state index contributed by atoms with van der Waals surface area (Å²) in [7, 11) is 1.66. The van der Waals surface area contributed by atoms with E-state index in [1.165, 1.54) is 0 Å². The molecular formula is C16H30N4O. The van der Waals surface area contributed by atoms with Gasteiger partial charge in [-0.25, -0.2) is 9.97 Å². The first-order valence-electron chi connectivity index (χ1n) is 7.71. The van der Waals surface area contributed by atoms with Crippen molar-refractivity contribution in [1.29, 1.82) is 0 Å². The number of methoxy groups -OCH3 is 1. The van der Waals surface area contributed by atoms with Crippen LogP contribution in [0.2, 0.25) is 0 Å². The number of hydrogen-bond acceptors (Lipinski definition) is 5. The van der Waals surface area contributed by atoms with Crippen LogP contribution in [0.4, 0.5) is 11.6 Å². The van der Waals surface area contributed by atoms with Crippen LogP contribution in [0.1, 0.15) is 46.9 Å². The lowest BCUT2D eigenvalue weighted by Gasteiger charge is -2.27. The molecule has 0 bridgehead atoms. The van der Waals surface area contributed by atoms with Gasteiger partial charge in [-0.05, 0) is 17.8 Å². The molecule has 5 heteroatoms. The summed E-state index contributed by atoms with van der Waals surface area (Å²) in [5.74, 6) is 2.95. The van der Waals surface area contributed by atoms with Crippen LogP contribution in [-0.4, -0.2) is 30.2 Å². The van der Waals surface area contributed by atoms with Gasteiger partial charge in [-0.2, -0.15) is 0 Å². The number of rotatable bonds is 8. The molecule has 2 N–H and O–H groups in total. The summed E-state index contributed by atoms with van der Waals surface area (Å²) in [5, 5.41) is 6.72. The minimum absolute atomic E-state index is 0.276. The van der Waals surface area contributed by atoms with Crippen LogP contribution in [-0.2, 0) is 11.3 Å². The molecule has 0 aromatic carbocycles. The molecule has 0 fully saturated rings. The first kappa shape index (κ1) is 17.7. The van der Waals surface area contributed by atoms with E-state index >= 15 is 0 Å². The molecule has 0 aliphatic carbocycles. The largest absolute Gasteiger partial charge is 0.377 e. The van der Waals surface area contributed by atoms with E-state index in [-0.39, 0.29) is 5.41 Å². The van der Waals surface area contributed by atoms with Crippen molar-refractivity contribution >= 4 is 11.6 Å².